The average Bonchev–Trinajstić information content (AvgIpc) is 3.29. The molecule has 1 aromatic carbocycles. The van der Waals surface area contributed by atoms with Crippen LogP contribution in [0.25, 0.3) is 10.9 Å². The van der Waals surface area contributed by atoms with Crippen molar-refractivity contribution >= 4 is 28.7 Å². The van der Waals surface area contributed by atoms with Crippen LogP contribution >= 0.6 is 0 Å². The summed E-state index contributed by atoms with van der Waals surface area (Å²) in [6.07, 6.45) is 11.6. The highest BCUT2D eigenvalue weighted by Gasteiger charge is 2.30. The lowest BCUT2D eigenvalue weighted by molar-refractivity contribution is -0.149. The first-order chi connectivity index (χ1) is 17.1. The van der Waals surface area contributed by atoms with E-state index in [4.69, 9.17) is 4.74 Å². The van der Waals surface area contributed by atoms with E-state index in [-0.39, 0.29) is 31.4 Å². The maximum Gasteiger partial charge on any atom is 0.325 e. The van der Waals surface area contributed by atoms with Crippen LogP contribution < -0.4 is 0 Å². The van der Waals surface area contributed by atoms with E-state index < -0.39 is 5.97 Å². The summed E-state index contributed by atoms with van der Waals surface area (Å²) in [7, 11) is 0. The summed E-state index contributed by atoms with van der Waals surface area (Å²) in [6, 6.07) is 8.05. The molecule has 1 aliphatic carbocycles. The van der Waals surface area contributed by atoms with Crippen molar-refractivity contribution in [2.24, 2.45) is 5.92 Å². The van der Waals surface area contributed by atoms with Gasteiger partial charge in [0.15, 0.2) is 0 Å². The van der Waals surface area contributed by atoms with Crippen LogP contribution in [0.5, 0.6) is 0 Å². The Kier molecular flexibility index (Phi) is 8.61. The Morgan fingerprint density at radius 2 is 1.97 bits per heavy atom. The monoisotopic (exact) mass is 479 g/mol. The number of amides is 2. The van der Waals surface area contributed by atoms with E-state index >= 15 is 0 Å². The van der Waals surface area contributed by atoms with E-state index in [1.165, 1.54) is 25.0 Å². The van der Waals surface area contributed by atoms with Crippen LogP contribution in [0.15, 0.2) is 42.2 Å². The number of H-pyrrole nitrogens is 1. The molecule has 7 heteroatoms. The number of benzene rings is 1. The number of aromatic nitrogens is 1. The number of aromatic amines is 1. The largest absolute Gasteiger partial charge is 0.465 e. The fourth-order valence-corrected chi connectivity index (χ4v) is 5.38. The standard InChI is InChI=1S/C28H37N3O4/c1-2-35-28(34)20-30(18-16-22-19-29-24-12-5-4-11-23(22)24)26(32)14-7-15-27(33)31-17-8-10-21-9-3-6-13-25(21)31/h4-5,11-13,19,21,29H,2-3,6-10,14-18,20H2,1H3. The summed E-state index contributed by atoms with van der Waals surface area (Å²) in [6.45, 7) is 3.19. The molecule has 2 aromatic rings. The number of ether oxygens (including phenoxy) is 1. The minimum atomic E-state index is -0.403. The highest BCUT2D eigenvalue weighted by Crippen LogP contribution is 2.35. The molecule has 35 heavy (non-hydrogen) atoms. The zero-order chi connectivity index (χ0) is 24.6. The second-order valence-corrected chi connectivity index (χ2v) is 9.53. The van der Waals surface area contributed by atoms with Crippen LogP contribution in [0.1, 0.15) is 63.9 Å². The van der Waals surface area contributed by atoms with E-state index in [9.17, 15) is 14.4 Å². The molecule has 2 heterocycles. The van der Waals surface area contributed by atoms with Crippen molar-refractivity contribution in [2.75, 3.05) is 26.2 Å². The van der Waals surface area contributed by atoms with Crippen molar-refractivity contribution in [1.82, 2.24) is 14.8 Å². The van der Waals surface area contributed by atoms with Crippen LogP contribution in [-0.4, -0.2) is 58.8 Å². The quantitative estimate of drug-likeness (QED) is 0.506. The molecule has 2 amide bonds. The fourth-order valence-electron chi connectivity index (χ4n) is 5.38. The number of para-hydroxylation sites is 1. The van der Waals surface area contributed by atoms with Gasteiger partial charge < -0.3 is 19.5 Å². The molecular formula is C28H37N3O4. The van der Waals surface area contributed by atoms with E-state index in [0.29, 0.717) is 31.7 Å². The zero-order valence-electron chi connectivity index (χ0n) is 20.8. The number of piperidine rings is 1. The highest BCUT2D eigenvalue weighted by atomic mass is 16.5. The van der Waals surface area contributed by atoms with Crippen molar-refractivity contribution in [3.05, 3.63) is 47.8 Å². The minimum Gasteiger partial charge on any atom is -0.465 e. The van der Waals surface area contributed by atoms with Crippen LogP contribution in [-0.2, 0) is 25.5 Å². The Morgan fingerprint density at radius 1 is 1.14 bits per heavy atom. The van der Waals surface area contributed by atoms with Crippen LogP contribution in [0.3, 0.4) is 0 Å². The van der Waals surface area contributed by atoms with Crippen molar-refractivity contribution in [3.63, 3.8) is 0 Å². The molecule has 1 aliphatic heterocycles. The molecule has 0 spiro atoms. The van der Waals surface area contributed by atoms with Crippen LogP contribution in [0.4, 0.5) is 0 Å². The Balaban J connectivity index is 1.32. The second kappa shape index (κ2) is 12.0. The summed E-state index contributed by atoms with van der Waals surface area (Å²) in [4.78, 5) is 45.0. The third-order valence-corrected chi connectivity index (χ3v) is 7.16. The van der Waals surface area contributed by atoms with E-state index in [0.717, 1.165) is 35.9 Å². The van der Waals surface area contributed by atoms with Gasteiger partial charge in [0.25, 0.3) is 0 Å². The average molecular weight is 480 g/mol. The maximum atomic E-state index is 13.1. The SMILES string of the molecule is CCOC(=O)CN(CCc1c[nH]c2ccccc12)C(=O)CCCC(=O)N1CCCC2CCCC=C21. The molecule has 1 unspecified atom stereocenters. The molecule has 1 aromatic heterocycles. The number of carbonyl (C=O) groups excluding carboxylic acids is 3. The van der Waals surface area contributed by atoms with Crippen LogP contribution in [0, 0.1) is 5.92 Å². The lowest BCUT2D eigenvalue weighted by Gasteiger charge is -2.38. The number of carbonyl (C=O) groups is 3. The maximum absolute atomic E-state index is 13.1. The van der Waals surface area contributed by atoms with Crippen molar-refractivity contribution in [2.45, 2.75) is 64.7 Å². The Bertz CT molecular complexity index is 1070. The number of fused-ring (bicyclic) bond motifs is 2. The molecule has 7 nitrogen and oxygen atoms in total. The van der Waals surface area contributed by atoms with Gasteiger partial charge in [0.2, 0.25) is 11.8 Å². The first kappa shape index (κ1) is 25.0. The number of allylic oxidation sites excluding steroid dienone is 2. The molecule has 1 atom stereocenters. The molecule has 1 N–H and O–H groups in total. The molecule has 1 saturated heterocycles. The van der Waals surface area contributed by atoms with Gasteiger partial charge in [-0.05, 0) is 69.4 Å². The Labute approximate surface area is 207 Å². The van der Waals surface area contributed by atoms with Gasteiger partial charge in [-0.2, -0.15) is 0 Å². The first-order valence-electron chi connectivity index (χ1n) is 13.1. The molecule has 2 aliphatic rings. The molecule has 4 rings (SSSR count). The van der Waals surface area contributed by atoms with Crippen molar-refractivity contribution in [3.8, 4) is 0 Å². The van der Waals surface area contributed by atoms with Gasteiger partial charge >= 0.3 is 5.97 Å². The molecule has 0 saturated carbocycles. The van der Waals surface area contributed by atoms with Crippen molar-refractivity contribution < 1.29 is 19.1 Å². The molecule has 0 bridgehead atoms. The number of esters is 1. The summed E-state index contributed by atoms with van der Waals surface area (Å²) in [5, 5.41) is 1.12. The molecule has 188 valence electrons. The summed E-state index contributed by atoms with van der Waals surface area (Å²) in [5.41, 5.74) is 3.37. The predicted molar refractivity (Wildman–Crippen MR) is 135 cm³/mol. The number of rotatable bonds is 10. The number of likely N-dealkylation sites (tertiary alicyclic amines) is 1. The van der Waals surface area contributed by atoms with Crippen LogP contribution in [0.2, 0.25) is 0 Å². The summed E-state index contributed by atoms with van der Waals surface area (Å²) >= 11 is 0. The highest BCUT2D eigenvalue weighted by molar-refractivity contribution is 5.84. The Hall–Kier alpha value is -3.09. The number of hydrogen-bond donors (Lipinski definition) is 1. The second-order valence-electron chi connectivity index (χ2n) is 9.53. The fraction of sp³-hybridized carbons (Fsp3) is 0.536. The van der Waals surface area contributed by atoms with Gasteiger partial charge in [-0.1, -0.05) is 24.3 Å². The lowest BCUT2D eigenvalue weighted by atomic mass is 9.85. The molecule has 1 fully saturated rings. The molecule has 0 radical (unpaired) electrons. The normalized spacial score (nSPS) is 17.6. The number of nitrogens with one attached hydrogen (secondary N) is 1. The van der Waals surface area contributed by atoms with Crippen molar-refractivity contribution in [1.29, 1.82) is 0 Å². The lowest BCUT2D eigenvalue weighted by Crippen LogP contribution is -2.39. The third kappa shape index (κ3) is 6.32. The number of hydrogen-bond acceptors (Lipinski definition) is 4. The van der Waals surface area contributed by atoms with Gasteiger partial charge in [0.05, 0.1) is 6.61 Å². The predicted octanol–water partition coefficient (Wildman–Crippen LogP) is 4.58. The van der Waals surface area contributed by atoms with Gasteiger partial charge in [-0.15, -0.1) is 0 Å². The van der Waals surface area contributed by atoms with Gasteiger partial charge in [0, 0.05) is 48.7 Å². The van der Waals surface area contributed by atoms with E-state index in [1.54, 1.807) is 11.8 Å². The summed E-state index contributed by atoms with van der Waals surface area (Å²) in [5.74, 6) is 0.123. The minimum absolute atomic E-state index is 0.0658. The molecular weight excluding hydrogens is 442 g/mol. The van der Waals surface area contributed by atoms with E-state index in [1.807, 2.05) is 29.3 Å². The van der Waals surface area contributed by atoms with Gasteiger partial charge in [-0.3, -0.25) is 14.4 Å². The summed E-state index contributed by atoms with van der Waals surface area (Å²) < 4.78 is 5.10. The zero-order valence-corrected chi connectivity index (χ0v) is 20.8. The first-order valence-corrected chi connectivity index (χ1v) is 13.1. The topological polar surface area (TPSA) is 82.7 Å². The van der Waals surface area contributed by atoms with E-state index in [2.05, 4.69) is 17.1 Å². The number of nitrogens with zero attached hydrogens (tertiary/aromatic N) is 2. The Morgan fingerprint density at radius 3 is 2.83 bits per heavy atom. The van der Waals surface area contributed by atoms with Gasteiger partial charge in [0.1, 0.15) is 6.54 Å². The third-order valence-electron chi connectivity index (χ3n) is 7.16. The smallest absolute Gasteiger partial charge is 0.325 e. The van der Waals surface area contributed by atoms with Gasteiger partial charge in [-0.25, -0.2) is 0 Å².